The van der Waals surface area contributed by atoms with Crippen molar-refractivity contribution >= 4 is 47.2 Å². The molecule has 0 aliphatic carbocycles. The average molecular weight is 744 g/mol. The van der Waals surface area contributed by atoms with Gasteiger partial charge >= 0.3 is 0 Å². The molecule has 2 heterocycles. The molecule has 7 N–H and O–H groups in total. The van der Waals surface area contributed by atoms with E-state index in [0.717, 1.165) is 5.56 Å². The third-order valence-electron chi connectivity index (χ3n) is 9.47. The van der Waals surface area contributed by atoms with Crippen LogP contribution in [0.4, 0.5) is 0 Å². The summed E-state index contributed by atoms with van der Waals surface area (Å²) in [5.74, 6) is -3.47. The van der Waals surface area contributed by atoms with Gasteiger partial charge in [-0.05, 0) is 41.6 Å². The molecular weight excluding hydrogens is 683 g/mol. The topological polar surface area (TPSA) is 187 Å². The summed E-state index contributed by atoms with van der Waals surface area (Å²) < 4.78 is 0. The van der Waals surface area contributed by atoms with Gasteiger partial charge in [0.2, 0.25) is 35.4 Å². The van der Waals surface area contributed by atoms with Crippen molar-refractivity contribution in [1.82, 2.24) is 37.2 Å². The summed E-state index contributed by atoms with van der Waals surface area (Å²) in [6, 6.07) is 3.23. The highest BCUT2D eigenvalue weighted by Gasteiger charge is 2.40. The SMILES string of the molecule is CC(C)C[C@H]1NC(=O)[C@H](Cc2ccccc2)NC(=O)[C@@H](C(C)C)NC(=O)[C@@H]2CSC(N2)[C@H](C(C)C)NC(=O)[C@@H](C(C)C)NC(=O)[C@H](C(C)C)NC1=O. The van der Waals surface area contributed by atoms with Crippen molar-refractivity contribution in [3.63, 3.8) is 0 Å². The Bertz CT molecular complexity index is 1410. The molecule has 52 heavy (non-hydrogen) atoms. The molecule has 2 fully saturated rings. The van der Waals surface area contributed by atoms with Crippen LogP contribution in [0.15, 0.2) is 30.3 Å². The minimum absolute atomic E-state index is 0.00965. The molecule has 1 unspecified atom stereocenters. The molecule has 2 aliphatic heterocycles. The molecule has 0 saturated carbocycles. The van der Waals surface area contributed by atoms with Crippen molar-refractivity contribution in [1.29, 1.82) is 0 Å². The van der Waals surface area contributed by atoms with E-state index in [9.17, 15) is 28.8 Å². The van der Waals surface area contributed by atoms with Crippen molar-refractivity contribution in [2.75, 3.05) is 5.75 Å². The fourth-order valence-electron chi connectivity index (χ4n) is 6.35. The van der Waals surface area contributed by atoms with Gasteiger partial charge in [-0.1, -0.05) is 99.6 Å². The van der Waals surface area contributed by atoms with Crippen LogP contribution in [-0.4, -0.2) is 88.9 Å². The zero-order valence-corrected chi connectivity index (χ0v) is 33.2. The molecule has 0 spiro atoms. The van der Waals surface area contributed by atoms with Gasteiger partial charge in [-0.3, -0.25) is 34.1 Å². The van der Waals surface area contributed by atoms with Crippen LogP contribution in [0.25, 0.3) is 0 Å². The lowest BCUT2D eigenvalue weighted by molar-refractivity contribution is -0.136. The Balaban J connectivity index is 2.07. The maximum Gasteiger partial charge on any atom is 0.243 e. The number of rotatable bonds is 8. The van der Waals surface area contributed by atoms with Crippen LogP contribution >= 0.6 is 11.8 Å². The van der Waals surface area contributed by atoms with E-state index in [1.807, 2.05) is 85.7 Å². The third kappa shape index (κ3) is 11.9. The standard InChI is InChI=1S/C38H61N7O6S/c1-19(2)16-25-33(47)42-29(21(5)6)36(50)44-30(22(7)8)37(51)45-31(23(9)10)38-41-27(18-52-38)34(48)43-28(20(3)4)35(49)40-26(32(46)39-25)17-24-14-12-11-13-15-24/h11-15,19-23,25-31,38,41H,16-18H2,1-10H3,(H,39,46)(H,40,49)(H,42,47)(H,43,48)(H,44,50)(H,45,51)/t25-,26+,27+,28-,29+,30-,31+,38?/m1/s1. The van der Waals surface area contributed by atoms with E-state index in [-0.39, 0.29) is 65.7 Å². The van der Waals surface area contributed by atoms with Crippen LogP contribution in [-0.2, 0) is 35.2 Å². The van der Waals surface area contributed by atoms with Gasteiger partial charge in [-0.15, -0.1) is 11.8 Å². The van der Waals surface area contributed by atoms with Gasteiger partial charge in [0.1, 0.15) is 30.2 Å². The van der Waals surface area contributed by atoms with Gasteiger partial charge in [-0.2, -0.15) is 0 Å². The molecule has 1 aromatic carbocycles. The van der Waals surface area contributed by atoms with Gasteiger partial charge in [0.15, 0.2) is 0 Å². The van der Waals surface area contributed by atoms with Gasteiger partial charge in [-0.25, -0.2) is 0 Å². The maximum atomic E-state index is 14.1. The monoisotopic (exact) mass is 743 g/mol. The highest BCUT2D eigenvalue weighted by atomic mass is 32.2. The molecule has 2 bridgehead atoms. The number of carbonyl (C=O) groups is 6. The van der Waals surface area contributed by atoms with Gasteiger partial charge in [0.05, 0.1) is 17.5 Å². The zero-order chi connectivity index (χ0) is 38.9. The number of thioether (sulfide) groups is 1. The molecular formula is C38H61N7O6S. The molecule has 14 heteroatoms. The second-order valence-electron chi connectivity index (χ2n) is 15.9. The first-order valence-electron chi connectivity index (χ1n) is 18.6. The maximum absolute atomic E-state index is 14.1. The lowest BCUT2D eigenvalue weighted by Crippen LogP contribution is -2.61. The normalized spacial score (nSPS) is 29.0. The molecule has 0 aromatic heterocycles. The van der Waals surface area contributed by atoms with E-state index < -0.39 is 59.9 Å². The number of hydrogen-bond donors (Lipinski definition) is 7. The molecule has 1 aromatic rings. The summed E-state index contributed by atoms with van der Waals surface area (Å²) in [5.41, 5.74) is 0.792. The zero-order valence-electron chi connectivity index (χ0n) is 32.4. The number of carbonyl (C=O) groups excluding carboxylic acids is 6. The highest BCUT2D eigenvalue weighted by Crippen LogP contribution is 2.26. The summed E-state index contributed by atoms with van der Waals surface area (Å²) in [7, 11) is 0. The van der Waals surface area contributed by atoms with E-state index in [1.54, 1.807) is 13.8 Å². The van der Waals surface area contributed by atoms with E-state index >= 15 is 0 Å². The Morgan fingerprint density at radius 2 is 1.02 bits per heavy atom. The van der Waals surface area contributed by atoms with Crippen molar-refractivity contribution in [2.24, 2.45) is 29.6 Å². The molecule has 2 saturated heterocycles. The second-order valence-corrected chi connectivity index (χ2v) is 17.1. The van der Waals surface area contributed by atoms with E-state index in [2.05, 4.69) is 37.2 Å². The largest absolute Gasteiger partial charge is 0.349 e. The molecule has 290 valence electrons. The Hall–Kier alpha value is -3.65. The molecule has 0 radical (unpaired) electrons. The summed E-state index contributed by atoms with van der Waals surface area (Å²) in [6.45, 7) is 18.7. The Labute approximate surface area is 313 Å². The molecule has 3 rings (SSSR count). The fraction of sp³-hybridized carbons (Fsp3) is 0.684. The van der Waals surface area contributed by atoms with Crippen molar-refractivity contribution < 1.29 is 28.8 Å². The predicted octanol–water partition coefficient (Wildman–Crippen LogP) is 1.85. The molecule has 6 amide bonds. The lowest BCUT2D eigenvalue weighted by atomic mass is 9.97. The smallest absolute Gasteiger partial charge is 0.243 e. The Kier molecular flexibility index (Phi) is 16.0. The Morgan fingerprint density at radius 3 is 1.54 bits per heavy atom. The van der Waals surface area contributed by atoms with Crippen molar-refractivity contribution in [3.05, 3.63) is 35.9 Å². The van der Waals surface area contributed by atoms with Crippen LogP contribution in [0.5, 0.6) is 0 Å². The number of benzene rings is 1. The number of nitrogens with one attached hydrogen (secondary N) is 7. The van der Waals surface area contributed by atoms with Gasteiger partial charge in [0, 0.05) is 12.2 Å². The number of amides is 6. The Morgan fingerprint density at radius 1 is 0.558 bits per heavy atom. The minimum Gasteiger partial charge on any atom is -0.349 e. The van der Waals surface area contributed by atoms with Crippen molar-refractivity contribution in [2.45, 2.75) is 130 Å². The van der Waals surface area contributed by atoms with Gasteiger partial charge in [0.25, 0.3) is 0 Å². The van der Waals surface area contributed by atoms with Crippen LogP contribution in [0.2, 0.25) is 0 Å². The average Bonchev–Trinajstić information content (AvgIpc) is 3.55. The first kappa shape index (κ1) is 42.8. The van der Waals surface area contributed by atoms with Crippen LogP contribution in [0.1, 0.15) is 81.2 Å². The lowest BCUT2D eigenvalue weighted by Gasteiger charge is -2.32. The molecule has 2 aliphatic rings. The second kappa shape index (κ2) is 19.4. The quantitative estimate of drug-likeness (QED) is 0.210. The summed E-state index contributed by atoms with van der Waals surface area (Å²) in [4.78, 5) is 83.2. The summed E-state index contributed by atoms with van der Waals surface area (Å²) >= 11 is 1.50. The fourth-order valence-corrected chi connectivity index (χ4v) is 7.85. The number of hydrogen-bond acceptors (Lipinski definition) is 8. The predicted molar refractivity (Wildman–Crippen MR) is 204 cm³/mol. The van der Waals surface area contributed by atoms with E-state index in [1.165, 1.54) is 11.8 Å². The summed E-state index contributed by atoms with van der Waals surface area (Å²) in [6.07, 6.45) is 0.406. The number of fused-ring (bicyclic) bond motifs is 2. The van der Waals surface area contributed by atoms with Gasteiger partial charge < -0.3 is 31.9 Å². The van der Waals surface area contributed by atoms with Crippen LogP contribution in [0.3, 0.4) is 0 Å². The van der Waals surface area contributed by atoms with Crippen LogP contribution < -0.4 is 37.2 Å². The van der Waals surface area contributed by atoms with Crippen molar-refractivity contribution in [3.8, 4) is 0 Å². The highest BCUT2D eigenvalue weighted by molar-refractivity contribution is 8.00. The first-order valence-corrected chi connectivity index (χ1v) is 19.7. The molecule has 13 nitrogen and oxygen atoms in total. The van der Waals surface area contributed by atoms with E-state index in [0.29, 0.717) is 5.75 Å². The molecule has 8 atom stereocenters. The third-order valence-corrected chi connectivity index (χ3v) is 10.8. The van der Waals surface area contributed by atoms with E-state index in [4.69, 9.17) is 0 Å². The first-order chi connectivity index (χ1) is 24.4. The summed E-state index contributed by atoms with van der Waals surface area (Å²) in [5, 5.41) is 20.5. The van der Waals surface area contributed by atoms with Crippen LogP contribution in [0, 0.1) is 29.6 Å². The minimum atomic E-state index is -1.07.